The summed E-state index contributed by atoms with van der Waals surface area (Å²) in [7, 11) is 1.54. The third-order valence-corrected chi connectivity index (χ3v) is 4.20. The van der Waals surface area contributed by atoms with E-state index in [1.165, 1.54) is 12.7 Å². The summed E-state index contributed by atoms with van der Waals surface area (Å²) >= 11 is 5.99. The van der Waals surface area contributed by atoms with Crippen LogP contribution in [0.15, 0.2) is 36.4 Å². The zero-order chi connectivity index (χ0) is 18.6. The minimum Gasteiger partial charge on any atom is -0.495 e. The van der Waals surface area contributed by atoms with Crippen LogP contribution in [-0.4, -0.2) is 19.1 Å². The van der Waals surface area contributed by atoms with Crippen LogP contribution in [0.5, 0.6) is 11.5 Å². The fraction of sp³-hybridized carbons (Fsp3) is 0.350. The molecule has 0 aliphatic heterocycles. The Labute approximate surface area is 154 Å². The SMILES string of the molecule is COc1ccc(Cl)cc1NC(=O)C(C)Oc1ccc(C(C)C)c(C)c1. The molecule has 0 radical (unpaired) electrons. The average molecular weight is 362 g/mol. The molecule has 0 aliphatic rings. The number of carbonyl (C=O) groups excluding carboxylic acids is 1. The van der Waals surface area contributed by atoms with E-state index in [0.717, 1.165) is 5.56 Å². The molecule has 0 aliphatic carbocycles. The number of hydrogen-bond acceptors (Lipinski definition) is 3. The molecule has 0 aromatic heterocycles. The van der Waals surface area contributed by atoms with Gasteiger partial charge in [0.2, 0.25) is 0 Å². The van der Waals surface area contributed by atoms with Crippen LogP contribution >= 0.6 is 11.6 Å². The van der Waals surface area contributed by atoms with Crippen LogP contribution in [0.1, 0.15) is 37.8 Å². The molecule has 0 saturated heterocycles. The largest absolute Gasteiger partial charge is 0.495 e. The molecular formula is C20H24ClNO3. The minimum absolute atomic E-state index is 0.272. The average Bonchev–Trinajstić information content (AvgIpc) is 2.54. The first-order valence-electron chi connectivity index (χ1n) is 8.23. The fourth-order valence-electron chi connectivity index (χ4n) is 2.64. The molecular weight excluding hydrogens is 338 g/mol. The van der Waals surface area contributed by atoms with Crippen LogP contribution in [0.25, 0.3) is 0 Å². The molecule has 0 spiro atoms. The summed E-state index contributed by atoms with van der Waals surface area (Å²) in [6, 6.07) is 10.9. The van der Waals surface area contributed by atoms with Gasteiger partial charge in [-0.25, -0.2) is 0 Å². The van der Waals surface area contributed by atoms with Gasteiger partial charge in [0, 0.05) is 5.02 Å². The predicted octanol–water partition coefficient (Wildman–Crippen LogP) is 5.19. The first-order valence-corrected chi connectivity index (χ1v) is 8.61. The van der Waals surface area contributed by atoms with Crippen molar-refractivity contribution in [2.75, 3.05) is 12.4 Å². The molecule has 4 nitrogen and oxygen atoms in total. The number of halogens is 1. The van der Waals surface area contributed by atoms with Gasteiger partial charge in [0.15, 0.2) is 6.10 Å². The highest BCUT2D eigenvalue weighted by molar-refractivity contribution is 6.31. The monoisotopic (exact) mass is 361 g/mol. The van der Waals surface area contributed by atoms with Gasteiger partial charge in [0.05, 0.1) is 12.8 Å². The van der Waals surface area contributed by atoms with E-state index >= 15 is 0 Å². The maximum absolute atomic E-state index is 12.4. The topological polar surface area (TPSA) is 47.6 Å². The third-order valence-electron chi connectivity index (χ3n) is 3.96. The number of benzene rings is 2. The van der Waals surface area contributed by atoms with Gasteiger partial charge in [-0.1, -0.05) is 31.5 Å². The zero-order valence-electron chi connectivity index (χ0n) is 15.2. The van der Waals surface area contributed by atoms with Crippen molar-refractivity contribution in [1.29, 1.82) is 0 Å². The van der Waals surface area contributed by atoms with Gasteiger partial charge >= 0.3 is 0 Å². The molecule has 1 unspecified atom stereocenters. The first kappa shape index (κ1) is 19.1. The van der Waals surface area contributed by atoms with Crippen LogP contribution in [0.4, 0.5) is 5.69 Å². The molecule has 0 saturated carbocycles. The number of nitrogens with one attached hydrogen (secondary N) is 1. The molecule has 0 heterocycles. The number of anilines is 1. The number of ether oxygens (including phenoxy) is 2. The predicted molar refractivity (Wildman–Crippen MR) is 102 cm³/mol. The molecule has 2 aromatic carbocycles. The highest BCUT2D eigenvalue weighted by Crippen LogP contribution is 2.28. The Morgan fingerprint density at radius 1 is 1.12 bits per heavy atom. The highest BCUT2D eigenvalue weighted by Gasteiger charge is 2.17. The minimum atomic E-state index is -0.659. The smallest absolute Gasteiger partial charge is 0.265 e. The van der Waals surface area contributed by atoms with Crippen molar-refractivity contribution in [3.63, 3.8) is 0 Å². The second kappa shape index (κ2) is 8.26. The highest BCUT2D eigenvalue weighted by atomic mass is 35.5. The van der Waals surface area contributed by atoms with E-state index in [1.54, 1.807) is 25.1 Å². The number of hydrogen-bond donors (Lipinski definition) is 1. The van der Waals surface area contributed by atoms with Crippen molar-refractivity contribution < 1.29 is 14.3 Å². The second-order valence-corrected chi connectivity index (χ2v) is 6.70. The lowest BCUT2D eigenvalue weighted by molar-refractivity contribution is -0.122. The molecule has 1 amide bonds. The summed E-state index contributed by atoms with van der Waals surface area (Å²) in [4.78, 5) is 12.4. The van der Waals surface area contributed by atoms with Crippen molar-refractivity contribution >= 4 is 23.2 Å². The van der Waals surface area contributed by atoms with Crippen molar-refractivity contribution in [3.8, 4) is 11.5 Å². The van der Waals surface area contributed by atoms with Crippen LogP contribution < -0.4 is 14.8 Å². The molecule has 1 atom stereocenters. The molecule has 134 valence electrons. The van der Waals surface area contributed by atoms with Crippen LogP contribution in [0.2, 0.25) is 5.02 Å². The molecule has 2 rings (SSSR count). The van der Waals surface area contributed by atoms with E-state index < -0.39 is 6.10 Å². The van der Waals surface area contributed by atoms with Crippen molar-refractivity contribution in [2.24, 2.45) is 0 Å². The van der Waals surface area contributed by atoms with E-state index in [1.807, 2.05) is 25.1 Å². The molecule has 0 bridgehead atoms. The van der Waals surface area contributed by atoms with Gasteiger partial charge in [-0.15, -0.1) is 0 Å². The van der Waals surface area contributed by atoms with E-state index in [4.69, 9.17) is 21.1 Å². The van der Waals surface area contributed by atoms with Crippen LogP contribution in [-0.2, 0) is 4.79 Å². The van der Waals surface area contributed by atoms with E-state index in [9.17, 15) is 4.79 Å². The van der Waals surface area contributed by atoms with Gasteiger partial charge in [0.25, 0.3) is 5.91 Å². The van der Waals surface area contributed by atoms with Crippen LogP contribution in [0.3, 0.4) is 0 Å². The maximum Gasteiger partial charge on any atom is 0.265 e. The summed E-state index contributed by atoms with van der Waals surface area (Å²) < 4.78 is 11.0. The van der Waals surface area contributed by atoms with Gasteiger partial charge in [-0.05, 0) is 61.2 Å². The Hall–Kier alpha value is -2.20. The first-order chi connectivity index (χ1) is 11.8. The summed E-state index contributed by atoms with van der Waals surface area (Å²) in [5, 5.41) is 3.31. The van der Waals surface area contributed by atoms with Gasteiger partial charge in [0.1, 0.15) is 11.5 Å². The number of methoxy groups -OCH3 is 1. The molecule has 2 aromatic rings. The van der Waals surface area contributed by atoms with E-state index in [0.29, 0.717) is 28.1 Å². The molecule has 1 N–H and O–H groups in total. The van der Waals surface area contributed by atoms with Crippen molar-refractivity contribution in [3.05, 3.63) is 52.5 Å². The lowest BCUT2D eigenvalue weighted by atomic mass is 9.98. The zero-order valence-corrected chi connectivity index (χ0v) is 16.0. The van der Waals surface area contributed by atoms with Gasteiger partial charge in [-0.3, -0.25) is 4.79 Å². The lowest BCUT2D eigenvalue weighted by Crippen LogP contribution is -2.30. The van der Waals surface area contributed by atoms with E-state index in [2.05, 4.69) is 19.2 Å². The second-order valence-electron chi connectivity index (χ2n) is 6.27. The van der Waals surface area contributed by atoms with E-state index in [-0.39, 0.29) is 5.91 Å². The van der Waals surface area contributed by atoms with Gasteiger partial charge < -0.3 is 14.8 Å². The quantitative estimate of drug-likeness (QED) is 0.770. The van der Waals surface area contributed by atoms with Crippen LogP contribution in [0, 0.1) is 6.92 Å². The number of aryl methyl sites for hydroxylation is 1. The summed E-state index contributed by atoms with van der Waals surface area (Å²) in [5.74, 6) is 1.39. The fourth-order valence-corrected chi connectivity index (χ4v) is 2.81. The Bertz CT molecular complexity index is 759. The Kier molecular flexibility index (Phi) is 6.32. The Balaban J connectivity index is 2.08. The third kappa shape index (κ3) is 4.89. The van der Waals surface area contributed by atoms with Crippen molar-refractivity contribution in [1.82, 2.24) is 0 Å². The molecule has 25 heavy (non-hydrogen) atoms. The normalized spacial score (nSPS) is 12.0. The summed E-state index contributed by atoms with van der Waals surface area (Å²) in [6.07, 6.45) is -0.659. The molecule has 0 fully saturated rings. The Morgan fingerprint density at radius 3 is 2.44 bits per heavy atom. The standard InChI is InChI=1S/C20H24ClNO3/c1-12(2)17-8-7-16(10-13(17)3)25-14(4)20(23)22-18-11-15(21)6-9-19(18)24-5/h6-12,14H,1-5H3,(H,22,23). The van der Waals surface area contributed by atoms with Gasteiger partial charge in [-0.2, -0.15) is 0 Å². The number of amides is 1. The summed E-state index contributed by atoms with van der Waals surface area (Å²) in [5.41, 5.74) is 2.94. The van der Waals surface area contributed by atoms with Crippen molar-refractivity contribution in [2.45, 2.75) is 39.7 Å². The Morgan fingerprint density at radius 2 is 1.84 bits per heavy atom. The number of rotatable bonds is 6. The lowest BCUT2D eigenvalue weighted by Gasteiger charge is -2.18. The maximum atomic E-state index is 12.4. The summed E-state index contributed by atoms with van der Waals surface area (Å²) in [6.45, 7) is 8.05. The number of carbonyl (C=O) groups is 1. The molecule has 5 heteroatoms.